The molecular formula is C11H10IN5O2S2. The Bertz CT molecular complexity index is 885. The van der Waals surface area contributed by atoms with E-state index in [-0.39, 0.29) is 10.8 Å². The normalized spacial score (nSPS) is 11.7. The minimum Gasteiger partial charge on any atom is -0.306 e. The zero-order chi connectivity index (χ0) is 15.0. The van der Waals surface area contributed by atoms with Crippen molar-refractivity contribution in [1.29, 1.82) is 0 Å². The van der Waals surface area contributed by atoms with Crippen LogP contribution < -0.4 is 16.0 Å². The molecule has 0 atom stereocenters. The third-order valence-electron chi connectivity index (χ3n) is 2.71. The molecule has 2 heterocycles. The first-order valence-corrected chi connectivity index (χ1v) is 9.16. The van der Waals surface area contributed by atoms with Crippen LogP contribution in [-0.4, -0.2) is 17.8 Å². The fourth-order valence-corrected chi connectivity index (χ4v) is 4.28. The zero-order valence-corrected chi connectivity index (χ0v) is 14.2. The van der Waals surface area contributed by atoms with Crippen LogP contribution in [0.2, 0.25) is 0 Å². The molecule has 0 saturated carbocycles. The molecule has 21 heavy (non-hydrogen) atoms. The molecule has 3 aromatic rings. The number of benzene rings is 1. The number of nitrogens with one attached hydrogen (secondary N) is 2. The van der Waals surface area contributed by atoms with Gasteiger partial charge in [-0.3, -0.25) is 9.12 Å². The molecule has 0 radical (unpaired) electrons. The van der Waals surface area contributed by atoms with Crippen molar-refractivity contribution in [2.45, 2.75) is 5.03 Å². The highest BCUT2D eigenvalue weighted by atomic mass is 127. The van der Waals surface area contributed by atoms with Crippen LogP contribution in [-0.2, 0) is 10.0 Å². The number of hydrogen-bond acceptors (Lipinski definition) is 6. The minimum absolute atomic E-state index is 0.0141. The van der Waals surface area contributed by atoms with E-state index in [1.54, 1.807) is 23.7 Å². The number of aromatic nitrogens is 2. The Hall–Kier alpha value is -1.37. The van der Waals surface area contributed by atoms with E-state index in [9.17, 15) is 8.42 Å². The van der Waals surface area contributed by atoms with E-state index in [2.05, 4.69) is 37.7 Å². The van der Waals surface area contributed by atoms with Crippen molar-refractivity contribution in [1.82, 2.24) is 9.38 Å². The van der Waals surface area contributed by atoms with Crippen LogP contribution in [0, 0.1) is 3.57 Å². The number of thiazole rings is 1. The highest BCUT2D eigenvalue weighted by Gasteiger charge is 2.25. The Morgan fingerprint density at radius 3 is 2.67 bits per heavy atom. The molecule has 7 nitrogen and oxygen atoms in total. The summed E-state index contributed by atoms with van der Waals surface area (Å²) in [6.45, 7) is 0. The maximum Gasteiger partial charge on any atom is 0.281 e. The van der Waals surface area contributed by atoms with Crippen molar-refractivity contribution in [3.05, 3.63) is 39.4 Å². The van der Waals surface area contributed by atoms with Crippen LogP contribution in [0.25, 0.3) is 4.96 Å². The lowest BCUT2D eigenvalue weighted by Crippen LogP contribution is -2.18. The van der Waals surface area contributed by atoms with Gasteiger partial charge >= 0.3 is 0 Å². The predicted molar refractivity (Wildman–Crippen MR) is 90.8 cm³/mol. The Labute approximate surface area is 138 Å². The molecule has 0 bridgehead atoms. The van der Waals surface area contributed by atoms with Gasteiger partial charge in [0, 0.05) is 20.8 Å². The summed E-state index contributed by atoms with van der Waals surface area (Å²) in [6, 6.07) is 7.02. The minimum atomic E-state index is -3.81. The van der Waals surface area contributed by atoms with Crippen LogP contribution in [0.3, 0.4) is 0 Å². The monoisotopic (exact) mass is 435 g/mol. The molecule has 0 spiro atoms. The van der Waals surface area contributed by atoms with E-state index in [0.29, 0.717) is 10.6 Å². The third kappa shape index (κ3) is 2.71. The molecule has 0 fully saturated rings. The quantitative estimate of drug-likeness (QED) is 0.331. The smallest absolute Gasteiger partial charge is 0.281 e. The van der Waals surface area contributed by atoms with Crippen LogP contribution in [0.4, 0.5) is 11.5 Å². The standard InChI is InChI=1S/C11H10IN5O2S2/c12-7-1-3-8(4-2-7)16-21(18,19)10-9(15-13)14-11-17(10)5-6-20-11/h1-6,15-16H,13H2. The summed E-state index contributed by atoms with van der Waals surface area (Å²) in [6.07, 6.45) is 1.64. The highest BCUT2D eigenvalue weighted by molar-refractivity contribution is 14.1. The first kappa shape index (κ1) is 14.6. The van der Waals surface area contributed by atoms with Gasteiger partial charge in [0.15, 0.2) is 10.8 Å². The second-order valence-corrected chi connectivity index (χ2v) is 7.79. The van der Waals surface area contributed by atoms with E-state index < -0.39 is 10.0 Å². The molecule has 0 saturated heterocycles. The largest absolute Gasteiger partial charge is 0.306 e. The van der Waals surface area contributed by atoms with Gasteiger partial charge in [-0.15, -0.1) is 11.3 Å². The average Bonchev–Trinajstić information content (AvgIpc) is 3.00. The Kier molecular flexibility index (Phi) is 3.77. The number of nitrogens with two attached hydrogens (primary N) is 1. The number of sulfonamides is 1. The van der Waals surface area contributed by atoms with Gasteiger partial charge in [-0.1, -0.05) is 0 Å². The number of anilines is 2. The average molecular weight is 435 g/mol. The predicted octanol–water partition coefficient (Wildman–Crippen LogP) is 2.09. The first-order valence-electron chi connectivity index (χ1n) is 5.72. The first-order chi connectivity index (χ1) is 10.0. The number of hydrazine groups is 1. The van der Waals surface area contributed by atoms with Crippen LogP contribution in [0.5, 0.6) is 0 Å². The molecule has 110 valence electrons. The molecule has 0 amide bonds. The summed E-state index contributed by atoms with van der Waals surface area (Å²) in [5, 5.41) is 1.74. The van der Waals surface area contributed by atoms with E-state index >= 15 is 0 Å². The SMILES string of the molecule is NNc1nc2sccn2c1S(=O)(=O)Nc1ccc(I)cc1. The molecule has 1 aromatic carbocycles. The Balaban J connectivity index is 2.07. The van der Waals surface area contributed by atoms with E-state index in [1.165, 1.54) is 15.7 Å². The molecule has 4 N–H and O–H groups in total. The van der Waals surface area contributed by atoms with E-state index in [0.717, 1.165) is 3.57 Å². The fourth-order valence-electron chi connectivity index (χ4n) is 1.84. The van der Waals surface area contributed by atoms with Gasteiger partial charge in [-0.2, -0.15) is 13.4 Å². The second kappa shape index (κ2) is 5.44. The lowest BCUT2D eigenvalue weighted by molar-refractivity contribution is 0.597. The molecular weight excluding hydrogens is 425 g/mol. The van der Waals surface area contributed by atoms with Gasteiger partial charge in [0.25, 0.3) is 10.0 Å². The fraction of sp³-hybridized carbons (Fsp3) is 0. The molecule has 0 aliphatic rings. The summed E-state index contributed by atoms with van der Waals surface area (Å²) in [5.74, 6) is 5.48. The maximum absolute atomic E-state index is 12.6. The second-order valence-electron chi connectivity index (χ2n) is 4.08. The molecule has 2 aromatic heterocycles. The number of halogens is 1. The number of nitrogens with zero attached hydrogens (tertiary/aromatic N) is 2. The van der Waals surface area contributed by atoms with Crippen LogP contribution in [0.15, 0.2) is 40.9 Å². The lowest BCUT2D eigenvalue weighted by Gasteiger charge is -2.08. The summed E-state index contributed by atoms with van der Waals surface area (Å²) < 4.78 is 30.2. The number of nitrogen functional groups attached to an aromatic ring is 1. The van der Waals surface area contributed by atoms with Crippen molar-refractivity contribution in [2.75, 3.05) is 10.1 Å². The Morgan fingerprint density at radius 1 is 1.29 bits per heavy atom. The number of imidazole rings is 1. The summed E-state index contributed by atoms with van der Waals surface area (Å²) in [4.78, 5) is 4.69. The van der Waals surface area contributed by atoms with Crippen LogP contribution >= 0.6 is 33.9 Å². The third-order valence-corrected chi connectivity index (χ3v) is 5.59. The van der Waals surface area contributed by atoms with Crippen molar-refractivity contribution in [3.63, 3.8) is 0 Å². The van der Waals surface area contributed by atoms with Crippen molar-refractivity contribution >= 4 is 60.4 Å². The summed E-state index contributed by atoms with van der Waals surface area (Å²) in [5.41, 5.74) is 2.80. The molecule has 0 unspecified atom stereocenters. The topological polar surface area (TPSA) is 102 Å². The van der Waals surface area contributed by atoms with E-state index in [4.69, 9.17) is 5.84 Å². The van der Waals surface area contributed by atoms with Crippen molar-refractivity contribution in [2.24, 2.45) is 5.84 Å². The number of hydrogen-bond donors (Lipinski definition) is 3. The van der Waals surface area contributed by atoms with Gasteiger partial charge in [-0.05, 0) is 46.9 Å². The number of rotatable bonds is 4. The zero-order valence-electron chi connectivity index (χ0n) is 10.4. The maximum atomic E-state index is 12.6. The van der Waals surface area contributed by atoms with Gasteiger partial charge in [0.05, 0.1) is 0 Å². The summed E-state index contributed by atoms with van der Waals surface area (Å²) in [7, 11) is -3.81. The summed E-state index contributed by atoms with van der Waals surface area (Å²) >= 11 is 3.47. The molecule has 0 aliphatic carbocycles. The van der Waals surface area contributed by atoms with Gasteiger partial charge < -0.3 is 5.43 Å². The lowest BCUT2D eigenvalue weighted by atomic mass is 10.3. The molecule has 10 heteroatoms. The van der Waals surface area contributed by atoms with Gasteiger partial charge in [-0.25, -0.2) is 5.84 Å². The number of fused-ring (bicyclic) bond motifs is 1. The highest BCUT2D eigenvalue weighted by Crippen LogP contribution is 2.26. The van der Waals surface area contributed by atoms with E-state index in [1.807, 2.05) is 12.1 Å². The molecule has 3 rings (SSSR count). The Morgan fingerprint density at radius 2 is 2.00 bits per heavy atom. The van der Waals surface area contributed by atoms with Gasteiger partial charge in [0.1, 0.15) is 0 Å². The van der Waals surface area contributed by atoms with Crippen molar-refractivity contribution in [3.8, 4) is 0 Å². The van der Waals surface area contributed by atoms with Gasteiger partial charge in [0.2, 0.25) is 5.03 Å². The molecule has 0 aliphatic heterocycles. The van der Waals surface area contributed by atoms with Crippen molar-refractivity contribution < 1.29 is 8.42 Å². The van der Waals surface area contributed by atoms with Crippen LogP contribution in [0.1, 0.15) is 0 Å².